The van der Waals surface area contributed by atoms with E-state index in [-0.39, 0.29) is 23.3 Å². The second-order valence-electron chi connectivity index (χ2n) is 8.77. The van der Waals surface area contributed by atoms with Crippen LogP contribution in [0.4, 0.5) is 8.78 Å². The fourth-order valence-electron chi connectivity index (χ4n) is 5.16. The highest BCUT2D eigenvalue weighted by Gasteiger charge is 2.45. The lowest BCUT2D eigenvalue weighted by molar-refractivity contribution is -0.0507. The summed E-state index contributed by atoms with van der Waals surface area (Å²) in [5, 5.41) is 0. The number of fused-ring (bicyclic) bond motifs is 9. The lowest BCUT2D eigenvalue weighted by Crippen LogP contribution is -2.42. The summed E-state index contributed by atoms with van der Waals surface area (Å²) in [5.41, 5.74) is 2.37. The molecular formula is C25H22F2N4O2. The summed E-state index contributed by atoms with van der Waals surface area (Å²) in [6.45, 7) is -4.02. The number of carbonyl (C=O) groups is 1. The molecule has 1 fully saturated rings. The molecule has 3 aliphatic rings. The van der Waals surface area contributed by atoms with E-state index in [2.05, 4.69) is 21.7 Å². The number of nitrogens with zero attached hydrogens (tertiary/aromatic N) is 4. The summed E-state index contributed by atoms with van der Waals surface area (Å²) in [4.78, 5) is 21.2. The van der Waals surface area contributed by atoms with Gasteiger partial charge in [0, 0.05) is 53.2 Å². The number of carbonyl (C=O) groups excluding carboxylic acids is 1. The molecule has 4 heterocycles. The van der Waals surface area contributed by atoms with Gasteiger partial charge in [-0.25, -0.2) is 4.98 Å². The molecular weight excluding hydrogens is 426 g/mol. The molecule has 2 aromatic carbocycles. The highest BCUT2D eigenvalue weighted by Crippen LogP contribution is 2.49. The second-order valence-corrected chi connectivity index (χ2v) is 8.77. The Bertz CT molecular complexity index is 1450. The molecule has 6 rings (SSSR count). The minimum absolute atomic E-state index is 0.0364. The van der Waals surface area contributed by atoms with E-state index in [4.69, 9.17) is 8.85 Å². The Labute approximate surface area is 194 Å². The number of amides is 1. The third-order valence-corrected chi connectivity index (χ3v) is 6.63. The first-order valence-corrected chi connectivity index (χ1v) is 10.7. The van der Waals surface area contributed by atoms with Crippen molar-refractivity contribution >= 4 is 16.9 Å². The number of likely N-dealkylation sites (tertiary alicyclic amines) is 1. The molecule has 0 saturated carbocycles. The van der Waals surface area contributed by atoms with Crippen molar-refractivity contribution in [3.8, 4) is 17.6 Å². The van der Waals surface area contributed by atoms with Crippen LogP contribution in [0.1, 0.15) is 49.9 Å². The number of rotatable bonds is 2. The summed E-state index contributed by atoms with van der Waals surface area (Å²) in [7, 11) is 2.04. The molecule has 1 amide bonds. The van der Waals surface area contributed by atoms with Crippen LogP contribution in [0, 0.1) is 17.8 Å². The van der Waals surface area contributed by atoms with Gasteiger partial charge in [-0.15, -0.1) is 0 Å². The van der Waals surface area contributed by atoms with Crippen LogP contribution in [0.5, 0.6) is 5.75 Å². The zero-order valence-electron chi connectivity index (χ0n) is 20.8. The zero-order valence-corrected chi connectivity index (χ0v) is 17.8. The molecule has 0 radical (unpaired) electrons. The molecule has 3 aliphatic heterocycles. The molecule has 2 bridgehead atoms. The minimum atomic E-state index is -3.10. The molecule has 168 valence electrons. The first kappa shape index (κ1) is 17.1. The van der Waals surface area contributed by atoms with Gasteiger partial charge in [0.2, 0.25) is 0 Å². The number of benzene rings is 2. The Kier molecular flexibility index (Phi) is 3.77. The number of alkyl halides is 2. The normalized spacial score (nSPS) is 23.7. The van der Waals surface area contributed by atoms with Gasteiger partial charge in [0.1, 0.15) is 11.6 Å². The lowest BCUT2D eigenvalue weighted by atomic mass is 9.97. The Morgan fingerprint density at radius 2 is 2.09 bits per heavy atom. The summed E-state index contributed by atoms with van der Waals surface area (Å²) in [6.07, 6.45) is 0.184. The molecule has 0 unspecified atom stereocenters. The molecule has 3 aromatic rings. The molecule has 33 heavy (non-hydrogen) atoms. The molecule has 6 nitrogen and oxygen atoms in total. The predicted molar refractivity (Wildman–Crippen MR) is 118 cm³/mol. The molecule has 0 aliphatic carbocycles. The van der Waals surface area contributed by atoms with Crippen molar-refractivity contribution in [2.45, 2.75) is 25.1 Å². The number of hydrogen-bond donors (Lipinski definition) is 0. The van der Waals surface area contributed by atoms with Crippen molar-refractivity contribution in [3.63, 3.8) is 0 Å². The standard InChI is InChI=1S/C25H22F2N4O2/c1-29-12-15(13-29)7-6-14-8-9-17-18(10-14)31-19-11-20(23(31)28-17)30(2)24(32)16-4-3-5-21(22(16)19)33-25(26)27/h3-5,8-10,15,19-20,25H,11-13H2,1-2H3/t19-,20-/m1/s1/i2D3. The maximum Gasteiger partial charge on any atom is 0.387 e. The lowest BCUT2D eigenvalue weighted by Gasteiger charge is -2.32. The van der Waals surface area contributed by atoms with E-state index in [0.717, 1.165) is 23.6 Å². The Balaban J connectivity index is 1.55. The average Bonchev–Trinajstić information content (AvgIpc) is 3.27. The van der Waals surface area contributed by atoms with Gasteiger partial charge in [0.05, 0.1) is 23.1 Å². The van der Waals surface area contributed by atoms with Crippen LogP contribution in [0.3, 0.4) is 0 Å². The van der Waals surface area contributed by atoms with Crippen LogP contribution in [-0.2, 0) is 0 Å². The third-order valence-electron chi connectivity index (χ3n) is 6.63. The van der Waals surface area contributed by atoms with Crippen molar-refractivity contribution < 1.29 is 22.4 Å². The molecule has 0 spiro atoms. The summed E-state index contributed by atoms with van der Waals surface area (Å²) in [6, 6.07) is 8.35. The van der Waals surface area contributed by atoms with Crippen molar-refractivity contribution in [1.29, 1.82) is 0 Å². The minimum Gasteiger partial charge on any atom is -0.434 e. The van der Waals surface area contributed by atoms with Crippen LogP contribution >= 0.6 is 0 Å². The van der Waals surface area contributed by atoms with E-state index < -0.39 is 31.6 Å². The van der Waals surface area contributed by atoms with Crippen LogP contribution in [-0.4, -0.2) is 59.0 Å². The third kappa shape index (κ3) is 3.10. The van der Waals surface area contributed by atoms with Gasteiger partial charge in [-0.3, -0.25) is 4.79 Å². The number of aromatic nitrogens is 2. The topological polar surface area (TPSA) is 50.6 Å². The Morgan fingerprint density at radius 1 is 1.24 bits per heavy atom. The molecule has 1 aromatic heterocycles. The van der Waals surface area contributed by atoms with Gasteiger partial charge in [0.15, 0.2) is 0 Å². The van der Waals surface area contributed by atoms with Gasteiger partial charge in [-0.1, -0.05) is 17.9 Å². The van der Waals surface area contributed by atoms with Crippen LogP contribution in [0.25, 0.3) is 11.0 Å². The van der Waals surface area contributed by atoms with E-state index >= 15 is 0 Å². The fraction of sp³-hybridized carbons (Fsp3) is 0.360. The Morgan fingerprint density at radius 3 is 2.85 bits per heavy atom. The van der Waals surface area contributed by atoms with Gasteiger partial charge in [0.25, 0.3) is 5.91 Å². The smallest absolute Gasteiger partial charge is 0.387 e. The van der Waals surface area contributed by atoms with Crippen molar-refractivity contribution in [3.05, 3.63) is 58.9 Å². The quantitative estimate of drug-likeness (QED) is 0.558. The van der Waals surface area contributed by atoms with Crippen LogP contribution < -0.4 is 4.74 Å². The number of halogens is 2. The largest absolute Gasteiger partial charge is 0.434 e. The fourth-order valence-corrected chi connectivity index (χ4v) is 5.16. The maximum atomic E-state index is 13.5. The highest BCUT2D eigenvalue weighted by molar-refractivity contribution is 5.97. The van der Waals surface area contributed by atoms with E-state index in [1.54, 1.807) is 0 Å². The van der Waals surface area contributed by atoms with Gasteiger partial charge in [-0.05, 0) is 37.4 Å². The van der Waals surface area contributed by atoms with Crippen molar-refractivity contribution in [2.75, 3.05) is 27.1 Å². The number of ether oxygens (including phenoxy) is 1. The monoisotopic (exact) mass is 451 g/mol. The summed E-state index contributed by atoms with van der Waals surface area (Å²) >= 11 is 0. The second kappa shape index (κ2) is 7.29. The maximum absolute atomic E-state index is 13.5. The first-order chi connectivity index (χ1) is 17.1. The SMILES string of the molecule is [2H]C([2H])([2H])N1C(=O)c2cccc(OC(F)F)c2[C@H]2C[C@@H]1c1nc3ccc(C#CC4CN(C)C4)cc3n12. The Hall–Kier alpha value is -3.44. The number of imidazole rings is 1. The van der Waals surface area contributed by atoms with E-state index in [1.165, 1.54) is 18.2 Å². The molecule has 8 heteroatoms. The first-order valence-electron chi connectivity index (χ1n) is 12.2. The summed E-state index contributed by atoms with van der Waals surface area (Å²) in [5.74, 6) is 6.30. The zero-order chi connectivity index (χ0) is 25.4. The highest BCUT2D eigenvalue weighted by atomic mass is 19.3. The van der Waals surface area contributed by atoms with Crippen LogP contribution in [0.2, 0.25) is 0 Å². The van der Waals surface area contributed by atoms with Crippen molar-refractivity contribution in [1.82, 2.24) is 19.4 Å². The molecule has 1 saturated heterocycles. The van der Waals surface area contributed by atoms with Gasteiger partial charge >= 0.3 is 6.61 Å². The summed E-state index contributed by atoms with van der Waals surface area (Å²) < 4.78 is 57.5. The van der Waals surface area contributed by atoms with Crippen molar-refractivity contribution in [2.24, 2.45) is 5.92 Å². The molecule has 2 atom stereocenters. The van der Waals surface area contributed by atoms with Gasteiger partial charge in [-0.2, -0.15) is 8.78 Å². The average molecular weight is 451 g/mol. The van der Waals surface area contributed by atoms with E-state index in [0.29, 0.717) is 22.8 Å². The number of hydrogen-bond acceptors (Lipinski definition) is 4. The van der Waals surface area contributed by atoms with E-state index in [1.807, 2.05) is 29.8 Å². The van der Waals surface area contributed by atoms with E-state index in [9.17, 15) is 13.6 Å². The molecule has 0 N–H and O–H groups in total. The predicted octanol–water partition coefficient (Wildman–Crippen LogP) is 3.67. The van der Waals surface area contributed by atoms with Gasteiger partial charge < -0.3 is 19.1 Å². The van der Waals surface area contributed by atoms with Crippen LogP contribution in [0.15, 0.2) is 36.4 Å².